The SMILES string of the molecule is c1ccc(-n2ccc3c4cccc(-c5cc6c(ccn6-c6ccc7c(c6)C(c6ccccc6)(c6ccccc6)c6ccccc6-7)c6ccccc56)c4ccc32)cc1. The third-order valence-corrected chi connectivity index (χ3v) is 12.5. The molecule has 9 aromatic carbocycles. The number of nitrogens with zero attached hydrogens (tertiary/aromatic N) is 2. The van der Waals surface area contributed by atoms with Crippen molar-refractivity contribution in [3.8, 4) is 33.6 Å². The standard InChI is InChI=1S/C55H36N2/c1-4-15-37(16-5-1)55(38-17-6-2-7-18-38)51-26-13-12-23-46(51)47-28-27-40(35-52(47)55)57-34-32-49-41-21-10-11-22-43(41)50(36-54(49)57)44-25-14-24-42-45(44)29-30-53-48(42)31-33-56(53)39-19-8-3-9-20-39/h1-36H. The molecule has 2 heteroatoms. The van der Waals surface area contributed by atoms with Gasteiger partial charge >= 0.3 is 0 Å². The van der Waals surface area contributed by atoms with Crippen LogP contribution in [0.25, 0.3) is 77.0 Å². The molecule has 2 aromatic heterocycles. The molecular formula is C55H36N2. The van der Waals surface area contributed by atoms with Crippen LogP contribution in [0.3, 0.4) is 0 Å². The van der Waals surface area contributed by atoms with E-state index in [1.807, 2.05) is 0 Å². The second kappa shape index (κ2) is 12.3. The lowest BCUT2D eigenvalue weighted by Gasteiger charge is -2.34. The highest BCUT2D eigenvalue weighted by atomic mass is 15.0. The smallest absolute Gasteiger partial charge is 0.0714 e. The molecule has 0 radical (unpaired) electrons. The van der Waals surface area contributed by atoms with Crippen LogP contribution in [-0.4, -0.2) is 9.13 Å². The fraction of sp³-hybridized carbons (Fsp3) is 0.0182. The monoisotopic (exact) mass is 724 g/mol. The van der Waals surface area contributed by atoms with Crippen LogP contribution in [0.4, 0.5) is 0 Å². The second-order valence-corrected chi connectivity index (χ2v) is 15.3. The average Bonchev–Trinajstić information content (AvgIpc) is 4.00. The number of fused-ring (bicyclic) bond motifs is 9. The molecule has 0 spiro atoms. The quantitative estimate of drug-likeness (QED) is 0.167. The maximum Gasteiger partial charge on any atom is 0.0714 e. The summed E-state index contributed by atoms with van der Waals surface area (Å²) >= 11 is 0. The molecule has 0 saturated carbocycles. The summed E-state index contributed by atoms with van der Waals surface area (Å²) < 4.78 is 4.69. The molecule has 0 atom stereocenters. The van der Waals surface area contributed by atoms with Crippen LogP contribution >= 0.6 is 0 Å². The first-order chi connectivity index (χ1) is 28.3. The molecule has 12 rings (SSSR count). The molecule has 2 heterocycles. The Hall–Kier alpha value is -7.42. The van der Waals surface area contributed by atoms with Crippen LogP contribution in [0.5, 0.6) is 0 Å². The van der Waals surface area contributed by atoms with Gasteiger partial charge in [-0.2, -0.15) is 0 Å². The maximum absolute atomic E-state index is 2.45. The van der Waals surface area contributed by atoms with Crippen LogP contribution < -0.4 is 0 Å². The Morgan fingerprint density at radius 3 is 1.56 bits per heavy atom. The number of hydrogen-bond donors (Lipinski definition) is 0. The van der Waals surface area contributed by atoms with Gasteiger partial charge in [-0.3, -0.25) is 0 Å². The van der Waals surface area contributed by atoms with Crippen LogP contribution in [-0.2, 0) is 5.41 Å². The molecule has 57 heavy (non-hydrogen) atoms. The minimum atomic E-state index is -0.459. The van der Waals surface area contributed by atoms with E-state index in [0.29, 0.717) is 0 Å². The van der Waals surface area contributed by atoms with Crippen LogP contribution in [0.2, 0.25) is 0 Å². The number of benzene rings is 9. The van der Waals surface area contributed by atoms with Gasteiger partial charge in [-0.15, -0.1) is 0 Å². The number of rotatable bonds is 5. The van der Waals surface area contributed by atoms with E-state index in [2.05, 4.69) is 228 Å². The lowest BCUT2D eigenvalue weighted by atomic mass is 9.67. The van der Waals surface area contributed by atoms with Crippen molar-refractivity contribution in [2.75, 3.05) is 0 Å². The van der Waals surface area contributed by atoms with E-state index in [0.717, 1.165) is 5.69 Å². The van der Waals surface area contributed by atoms with Crippen molar-refractivity contribution in [2.24, 2.45) is 0 Å². The van der Waals surface area contributed by atoms with Crippen molar-refractivity contribution in [1.29, 1.82) is 0 Å². The molecule has 2 nitrogen and oxygen atoms in total. The topological polar surface area (TPSA) is 9.86 Å². The first-order valence-corrected chi connectivity index (χ1v) is 19.8. The van der Waals surface area contributed by atoms with Gasteiger partial charge in [-0.1, -0.05) is 158 Å². The van der Waals surface area contributed by atoms with E-state index >= 15 is 0 Å². The largest absolute Gasteiger partial charge is 0.317 e. The molecular weight excluding hydrogens is 689 g/mol. The molecule has 0 aliphatic heterocycles. The molecule has 1 aliphatic carbocycles. The Morgan fingerprint density at radius 1 is 0.281 bits per heavy atom. The van der Waals surface area contributed by atoms with Crippen LogP contribution in [0, 0.1) is 0 Å². The average molecular weight is 725 g/mol. The number of aromatic nitrogens is 2. The Kier molecular flexibility index (Phi) is 6.88. The molecule has 266 valence electrons. The lowest BCUT2D eigenvalue weighted by Crippen LogP contribution is -2.28. The Morgan fingerprint density at radius 2 is 0.825 bits per heavy atom. The molecule has 0 N–H and O–H groups in total. The van der Waals surface area contributed by atoms with E-state index in [9.17, 15) is 0 Å². The fourth-order valence-electron chi connectivity index (χ4n) is 10.1. The van der Waals surface area contributed by atoms with Gasteiger partial charge in [0.1, 0.15) is 0 Å². The molecule has 0 fully saturated rings. The summed E-state index contributed by atoms with van der Waals surface area (Å²) in [5, 5.41) is 7.53. The zero-order valence-electron chi connectivity index (χ0n) is 31.2. The van der Waals surface area contributed by atoms with Gasteiger partial charge in [-0.05, 0) is 115 Å². The molecule has 0 unspecified atom stereocenters. The van der Waals surface area contributed by atoms with E-state index in [1.54, 1.807) is 0 Å². The third-order valence-electron chi connectivity index (χ3n) is 12.5. The summed E-state index contributed by atoms with van der Waals surface area (Å²) in [6.07, 6.45) is 4.45. The Labute approximate surface area is 331 Å². The highest BCUT2D eigenvalue weighted by molar-refractivity contribution is 6.18. The van der Waals surface area contributed by atoms with Crippen LogP contribution in [0.1, 0.15) is 22.3 Å². The normalized spacial score (nSPS) is 13.1. The summed E-state index contributed by atoms with van der Waals surface area (Å²) in [5.41, 5.74) is 14.5. The van der Waals surface area contributed by atoms with Crippen molar-refractivity contribution in [3.63, 3.8) is 0 Å². The first kappa shape index (κ1) is 31.9. The summed E-state index contributed by atoms with van der Waals surface area (Å²) in [6, 6.07) is 76.1. The second-order valence-electron chi connectivity index (χ2n) is 15.3. The highest BCUT2D eigenvalue weighted by Crippen LogP contribution is 2.56. The highest BCUT2D eigenvalue weighted by Gasteiger charge is 2.46. The molecule has 0 amide bonds. The number of hydrogen-bond acceptors (Lipinski definition) is 0. The van der Waals surface area contributed by atoms with Crippen molar-refractivity contribution < 1.29 is 0 Å². The Bertz CT molecular complexity index is 3290. The van der Waals surface area contributed by atoms with Crippen molar-refractivity contribution in [3.05, 3.63) is 241 Å². The number of para-hydroxylation sites is 1. The van der Waals surface area contributed by atoms with E-state index in [4.69, 9.17) is 0 Å². The van der Waals surface area contributed by atoms with Gasteiger partial charge in [0.05, 0.1) is 16.4 Å². The van der Waals surface area contributed by atoms with E-state index < -0.39 is 5.41 Å². The Balaban J connectivity index is 1.09. The summed E-state index contributed by atoms with van der Waals surface area (Å²) in [5.74, 6) is 0. The molecule has 1 aliphatic rings. The van der Waals surface area contributed by atoms with Crippen molar-refractivity contribution in [2.45, 2.75) is 5.41 Å². The van der Waals surface area contributed by atoms with Crippen LogP contribution in [0.15, 0.2) is 219 Å². The van der Waals surface area contributed by atoms with Crippen molar-refractivity contribution >= 4 is 43.4 Å². The predicted octanol–water partition coefficient (Wildman–Crippen LogP) is 13.9. The zero-order valence-corrected chi connectivity index (χ0v) is 31.2. The first-order valence-electron chi connectivity index (χ1n) is 19.8. The van der Waals surface area contributed by atoms with Gasteiger partial charge in [0.25, 0.3) is 0 Å². The van der Waals surface area contributed by atoms with Gasteiger partial charge < -0.3 is 9.13 Å². The van der Waals surface area contributed by atoms with Gasteiger partial charge in [0, 0.05) is 34.5 Å². The zero-order chi connectivity index (χ0) is 37.5. The fourth-order valence-corrected chi connectivity index (χ4v) is 10.1. The van der Waals surface area contributed by atoms with E-state index in [1.165, 1.54) is 93.5 Å². The van der Waals surface area contributed by atoms with Gasteiger partial charge in [0.2, 0.25) is 0 Å². The van der Waals surface area contributed by atoms with Gasteiger partial charge in [0.15, 0.2) is 0 Å². The molecule has 0 saturated heterocycles. The minimum Gasteiger partial charge on any atom is -0.317 e. The van der Waals surface area contributed by atoms with E-state index in [-0.39, 0.29) is 0 Å². The summed E-state index contributed by atoms with van der Waals surface area (Å²) in [4.78, 5) is 0. The minimum absolute atomic E-state index is 0.459. The molecule has 0 bridgehead atoms. The third kappa shape index (κ3) is 4.53. The summed E-state index contributed by atoms with van der Waals surface area (Å²) in [6.45, 7) is 0. The van der Waals surface area contributed by atoms with Crippen molar-refractivity contribution in [1.82, 2.24) is 9.13 Å². The maximum atomic E-state index is 2.45. The molecule has 11 aromatic rings. The predicted molar refractivity (Wildman–Crippen MR) is 238 cm³/mol. The van der Waals surface area contributed by atoms with Gasteiger partial charge in [-0.25, -0.2) is 0 Å². The summed E-state index contributed by atoms with van der Waals surface area (Å²) in [7, 11) is 0. The lowest BCUT2D eigenvalue weighted by molar-refractivity contribution is 0.767.